The Kier molecular flexibility index (Phi) is 3.79. The highest BCUT2D eigenvalue weighted by atomic mass is 16.1. The van der Waals surface area contributed by atoms with Gasteiger partial charge in [0.2, 0.25) is 5.91 Å². The Labute approximate surface area is 140 Å². The van der Waals surface area contributed by atoms with Crippen LogP contribution in [-0.4, -0.2) is 15.9 Å². The van der Waals surface area contributed by atoms with E-state index in [-0.39, 0.29) is 11.9 Å². The number of aromatic nitrogens is 2. The van der Waals surface area contributed by atoms with Crippen molar-refractivity contribution in [3.63, 3.8) is 0 Å². The van der Waals surface area contributed by atoms with Crippen LogP contribution in [0, 0.1) is 0 Å². The topological polar surface area (TPSA) is 54.9 Å². The maximum atomic E-state index is 12.2. The lowest BCUT2D eigenvalue weighted by atomic mass is 10.1. The quantitative estimate of drug-likeness (QED) is 0.753. The summed E-state index contributed by atoms with van der Waals surface area (Å²) >= 11 is 0. The minimum Gasteiger partial charge on any atom is -0.346 e. The third kappa shape index (κ3) is 2.91. The molecule has 1 atom stereocenters. The van der Waals surface area contributed by atoms with Crippen molar-refractivity contribution < 1.29 is 4.79 Å². The SMILES string of the molecule is O=C(/C=C/c1cnc2ccccc2n1)NC1CCc2ccccc21. The first-order valence-corrected chi connectivity index (χ1v) is 8.08. The molecule has 4 heteroatoms. The molecule has 1 aromatic heterocycles. The molecule has 1 aliphatic rings. The number of benzene rings is 2. The van der Waals surface area contributed by atoms with Crippen LogP contribution >= 0.6 is 0 Å². The van der Waals surface area contributed by atoms with E-state index in [0.29, 0.717) is 5.69 Å². The van der Waals surface area contributed by atoms with E-state index in [9.17, 15) is 4.79 Å². The molecule has 1 aliphatic carbocycles. The Hall–Kier alpha value is -3.01. The van der Waals surface area contributed by atoms with Crippen LogP contribution in [0.25, 0.3) is 17.1 Å². The number of hydrogen-bond donors (Lipinski definition) is 1. The summed E-state index contributed by atoms with van der Waals surface area (Å²) in [5, 5.41) is 3.07. The number of amides is 1. The second kappa shape index (κ2) is 6.24. The Bertz CT molecular complexity index is 933. The van der Waals surface area contributed by atoms with Crippen molar-refractivity contribution in [3.8, 4) is 0 Å². The van der Waals surface area contributed by atoms with Gasteiger partial charge in [0.05, 0.1) is 29.0 Å². The van der Waals surface area contributed by atoms with Crippen molar-refractivity contribution in [2.75, 3.05) is 0 Å². The summed E-state index contributed by atoms with van der Waals surface area (Å²) in [5.41, 5.74) is 4.90. The Balaban J connectivity index is 1.46. The fraction of sp³-hybridized carbons (Fsp3) is 0.150. The smallest absolute Gasteiger partial charge is 0.244 e. The van der Waals surface area contributed by atoms with Crippen LogP contribution in [0.2, 0.25) is 0 Å². The van der Waals surface area contributed by atoms with Crippen LogP contribution in [-0.2, 0) is 11.2 Å². The van der Waals surface area contributed by atoms with Gasteiger partial charge in [0.1, 0.15) is 0 Å². The van der Waals surface area contributed by atoms with E-state index in [1.54, 1.807) is 12.3 Å². The second-order valence-electron chi connectivity index (χ2n) is 5.92. The first-order valence-electron chi connectivity index (χ1n) is 8.08. The summed E-state index contributed by atoms with van der Waals surface area (Å²) in [6.07, 6.45) is 6.88. The lowest BCUT2D eigenvalue weighted by Crippen LogP contribution is -2.25. The molecule has 118 valence electrons. The van der Waals surface area contributed by atoms with Gasteiger partial charge >= 0.3 is 0 Å². The van der Waals surface area contributed by atoms with Gasteiger partial charge < -0.3 is 5.32 Å². The predicted octanol–water partition coefficient (Wildman–Crippen LogP) is 3.45. The summed E-state index contributed by atoms with van der Waals surface area (Å²) in [6.45, 7) is 0. The number of nitrogens with one attached hydrogen (secondary N) is 1. The van der Waals surface area contributed by atoms with Gasteiger partial charge in [-0.05, 0) is 42.2 Å². The normalized spacial score (nSPS) is 16.4. The van der Waals surface area contributed by atoms with E-state index in [1.165, 1.54) is 17.2 Å². The monoisotopic (exact) mass is 315 g/mol. The summed E-state index contributed by atoms with van der Waals surface area (Å²) in [6, 6.07) is 16.1. The van der Waals surface area contributed by atoms with Crippen molar-refractivity contribution in [2.24, 2.45) is 0 Å². The molecule has 0 spiro atoms. The van der Waals surface area contributed by atoms with Crippen molar-refractivity contribution in [1.29, 1.82) is 0 Å². The average molecular weight is 315 g/mol. The van der Waals surface area contributed by atoms with E-state index in [1.807, 2.05) is 36.4 Å². The van der Waals surface area contributed by atoms with Gasteiger partial charge in [-0.2, -0.15) is 0 Å². The molecular formula is C20H17N3O. The van der Waals surface area contributed by atoms with E-state index < -0.39 is 0 Å². The molecule has 0 saturated carbocycles. The number of rotatable bonds is 3. The lowest BCUT2D eigenvalue weighted by Gasteiger charge is -2.12. The van der Waals surface area contributed by atoms with Crippen LogP contribution in [0.5, 0.6) is 0 Å². The van der Waals surface area contributed by atoms with Gasteiger partial charge in [-0.25, -0.2) is 4.98 Å². The molecule has 3 aromatic rings. The largest absolute Gasteiger partial charge is 0.346 e. The van der Waals surface area contributed by atoms with Gasteiger partial charge in [-0.3, -0.25) is 9.78 Å². The summed E-state index contributed by atoms with van der Waals surface area (Å²) in [4.78, 5) is 21.0. The molecule has 0 saturated heterocycles. The molecule has 2 aromatic carbocycles. The number of para-hydroxylation sites is 2. The van der Waals surface area contributed by atoms with Crippen molar-refractivity contribution >= 4 is 23.0 Å². The molecule has 4 rings (SSSR count). The first kappa shape index (κ1) is 14.6. The maximum Gasteiger partial charge on any atom is 0.244 e. The van der Waals surface area contributed by atoms with Crippen LogP contribution in [0.1, 0.15) is 29.3 Å². The van der Waals surface area contributed by atoms with Gasteiger partial charge in [0, 0.05) is 6.08 Å². The molecule has 1 N–H and O–H groups in total. The molecule has 0 bridgehead atoms. The number of nitrogens with zero attached hydrogens (tertiary/aromatic N) is 2. The van der Waals surface area contributed by atoms with E-state index in [0.717, 1.165) is 23.9 Å². The summed E-state index contributed by atoms with van der Waals surface area (Å²) < 4.78 is 0. The van der Waals surface area contributed by atoms with Crippen molar-refractivity contribution in [3.05, 3.63) is 77.6 Å². The van der Waals surface area contributed by atoms with Crippen molar-refractivity contribution in [2.45, 2.75) is 18.9 Å². The number of aryl methyl sites for hydroxylation is 1. The van der Waals surface area contributed by atoms with Gasteiger partial charge in [0.15, 0.2) is 0 Å². The van der Waals surface area contributed by atoms with Crippen LogP contribution in [0.3, 0.4) is 0 Å². The van der Waals surface area contributed by atoms with Gasteiger partial charge in [0.25, 0.3) is 0 Å². The summed E-state index contributed by atoms with van der Waals surface area (Å²) in [7, 11) is 0. The highest BCUT2D eigenvalue weighted by molar-refractivity contribution is 5.92. The molecule has 1 heterocycles. The molecule has 0 fully saturated rings. The lowest BCUT2D eigenvalue weighted by molar-refractivity contribution is -0.117. The van der Waals surface area contributed by atoms with E-state index >= 15 is 0 Å². The zero-order valence-electron chi connectivity index (χ0n) is 13.1. The zero-order chi connectivity index (χ0) is 16.4. The number of carbonyl (C=O) groups excluding carboxylic acids is 1. The van der Waals surface area contributed by atoms with Crippen LogP contribution < -0.4 is 5.32 Å². The number of fused-ring (bicyclic) bond motifs is 2. The van der Waals surface area contributed by atoms with Crippen LogP contribution in [0.4, 0.5) is 0 Å². The predicted molar refractivity (Wildman–Crippen MR) is 94.2 cm³/mol. The fourth-order valence-electron chi connectivity index (χ4n) is 3.14. The number of hydrogen-bond acceptors (Lipinski definition) is 3. The van der Waals surface area contributed by atoms with E-state index in [2.05, 4.69) is 27.4 Å². The minimum atomic E-state index is -0.105. The van der Waals surface area contributed by atoms with Crippen LogP contribution in [0.15, 0.2) is 60.8 Å². The Morgan fingerprint density at radius 1 is 1.08 bits per heavy atom. The summed E-state index contributed by atoms with van der Waals surface area (Å²) in [5.74, 6) is -0.105. The molecule has 0 radical (unpaired) electrons. The number of carbonyl (C=O) groups is 1. The second-order valence-corrected chi connectivity index (χ2v) is 5.92. The molecule has 1 unspecified atom stereocenters. The minimum absolute atomic E-state index is 0.0982. The van der Waals surface area contributed by atoms with E-state index in [4.69, 9.17) is 0 Å². The Morgan fingerprint density at radius 2 is 1.88 bits per heavy atom. The molecule has 1 amide bonds. The first-order chi connectivity index (χ1) is 11.8. The average Bonchev–Trinajstić information content (AvgIpc) is 3.03. The maximum absolute atomic E-state index is 12.2. The zero-order valence-corrected chi connectivity index (χ0v) is 13.1. The third-order valence-corrected chi connectivity index (χ3v) is 4.32. The standard InChI is InChI=1S/C20H17N3O/c24-20(23-17-11-9-14-5-1-2-6-16(14)17)12-10-15-13-21-18-7-3-4-8-19(18)22-15/h1-8,10,12-13,17H,9,11H2,(H,23,24)/b12-10+. The molecular weight excluding hydrogens is 298 g/mol. The van der Waals surface area contributed by atoms with Crippen molar-refractivity contribution in [1.82, 2.24) is 15.3 Å². The Morgan fingerprint density at radius 3 is 2.79 bits per heavy atom. The highest BCUT2D eigenvalue weighted by Gasteiger charge is 2.22. The fourth-order valence-corrected chi connectivity index (χ4v) is 3.14. The van der Waals surface area contributed by atoms with Gasteiger partial charge in [-0.1, -0.05) is 36.4 Å². The molecule has 4 nitrogen and oxygen atoms in total. The molecule has 24 heavy (non-hydrogen) atoms. The molecule has 0 aliphatic heterocycles. The van der Waals surface area contributed by atoms with Gasteiger partial charge in [-0.15, -0.1) is 0 Å². The highest BCUT2D eigenvalue weighted by Crippen LogP contribution is 2.30. The third-order valence-electron chi connectivity index (χ3n) is 4.32.